The van der Waals surface area contributed by atoms with E-state index in [4.69, 9.17) is 4.74 Å². The van der Waals surface area contributed by atoms with Crippen molar-refractivity contribution in [2.24, 2.45) is 5.92 Å². The highest BCUT2D eigenvalue weighted by molar-refractivity contribution is 5.94. The van der Waals surface area contributed by atoms with E-state index in [1.54, 1.807) is 18.2 Å². The molecule has 0 bridgehead atoms. The molecule has 0 spiro atoms. The molecule has 158 valence electrons. The van der Waals surface area contributed by atoms with Gasteiger partial charge in [-0.15, -0.1) is 0 Å². The van der Waals surface area contributed by atoms with E-state index in [1.807, 2.05) is 0 Å². The average molecular weight is 415 g/mol. The van der Waals surface area contributed by atoms with E-state index in [1.165, 1.54) is 4.90 Å². The molecule has 0 aromatic carbocycles. The van der Waals surface area contributed by atoms with Gasteiger partial charge in [0.15, 0.2) is 5.82 Å². The minimum absolute atomic E-state index is 0.0133. The van der Waals surface area contributed by atoms with Crippen molar-refractivity contribution in [1.82, 2.24) is 15.0 Å². The first-order chi connectivity index (χ1) is 14.5. The van der Waals surface area contributed by atoms with Gasteiger partial charge < -0.3 is 15.2 Å². The number of rotatable bonds is 5. The largest absolute Gasteiger partial charge is 0.481 e. The summed E-state index contributed by atoms with van der Waals surface area (Å²) in [7, 11) is 0. The Morgan fingerprint density at radius 2 is 2.17 bits per heavy atom. The predicted molar refractivity (Wildman–Crippen MR) is 105 cm³/mol. The van der Waals surface area contributed by atoms with Crippen LogP contribution in [0.2, 0.25) is 0 Å². The Labute approximate surface area is 172 Å². The SMILES string of the molecule is O=C(O)[C@@H]1CCC[C@H](Nc2ncc(F)c(-c3cccc(N4CCOCC4=O)n3)n2)C1. The van der Waals surface area contributed by atoms with Gasteiger partial charge in [-0.2, -0.15) is 0 Å². The van der Waals surface area contributed by atoms with E-state index in [0.29, 0.717) is 31.8 Å². The third kappa shape index (κ3) is 4.38. The van der Waals surface area contributed by atoms with Crippen LogP contribution in [0.3, 0.4) is 0 Å². The molecule has 4 rings (SSSR count). The van der Waals surface area contributed by atoms with Crippen LogP contribution in [0, 0.1) is 11.7 Å². The Hall–Kier alpha value is -3.14. The molecule has 1 amide bonds. The van der Waals surface area contributed by atoms with Crippen LogP contribution in [0.4, 0.5) is 16.2 Å². The lowest BCUT2D eigenvalue weighted by molar-refractivity contribution is -0.142. The number of ether oxygens (including phenoxy) is 1. The molecule has 2 aromatic rings. The molecule has 30 heavy (non-hydrogen) atoms. The lowest BCUT2D eigenvalue weighted by atomic mass is 9.86. The second-order valence-electron chi connectivity index (χ2n) is 7.41. The summed E-state index contributed by atoms with van der Waals surface area (Å²) in [5.41, 5.74) is 0.294. The highest BCUT2D eigenvalue weighted by Gasteiger charge is 2.27. The monoisotopic (exact) mass is 415 g/mol. The summed E-state index contributed by atoms with van der Waals surface area (Å²) < 4.78 is 19.6. The molecule has 1 aliphatic carbocycles. The first-order valence-electron chi connectivity index (χ1n) is 9.88. The molecule has 0 radical (unpaired) electrons. The molecule has 2 aliphatic rings. The van der Waals surface area contributed by atoms with Gasteiger partial charge in [-0.3, -0.25) is 14.5 Å². The molecule has 2 atom stereocenters. The third-order valence-electron chi connectivity index (χ3n) is 5.34. The van der Waals surface area contributed by atoms with Crippen molar-refractivity contribution in [3.63, 3.8) is 0 Å². The standard InChI is InChI=1S/C20H22FN5O4/c21-14-10-22-20(23-13-4-1-3-12(9-13)19(28)29)25-18(14)15-5-2-6-16(24-15)26-7-8-30-11-17(26)27/h2,5-6,10,12-13H,1,3-4,7-9,11H2,(H,28,29)(H,22,23,25)/t12-,13+/m1/s1. The Balaban J connectivity index is 1.56. The molecular weight excluding hydrogens is 393 g/mol. The fourth-order valence-electron chi connectivity index (χ4n) is 3.81. The number of amides is 1. The van der Waals surface area contributed by atoms with Crippen LogP contribution in [0.1, 0.15) is 25.7 Å². The van der Waals surface area contributed by atoms with Crippen LogP contribution in [0.5, 0.6) is 0 Å². The highest BCUT2D eigenvalue weighted by atomic mass is 19.1. The maximum Gasteiger partial charge on any atom is 0.306 e. The number of carboxylic acids is 1. The maximum atomic E-state index is 14.5. The Kier molecular flexibility index (Phi) is 5.84. The highest BCUT2D eigenvalue weighted by Crippen LogP contribution is 2.27. The van der Waals surface area contributed by atoms with E-state index >= 15 is 0 Å². The van der Waals surface area contributed by atoms with Gasteiger partial charge in [0, 0.05) is 6.04 Å². The van der Waals surface area contributed by atoms with Gasteiger partial charge in [-0.1, -0.05) is 12.5 Å². The number of anilines is 2. The maximum absolute atomic E-state index is 14.5. The lowest BCUT2D eigenvalue weighted by Crippen LogP contribution is -2.42. The molecule has 2 aromatic heterocycles. The molecule has 1 saturated carbocycles. The van der Waals surface area contributed by atoms with Gasteiger partial charge in [0.05, 0.1) is 31.0 Å². The average Bonchev–Trinajstić information content (AvgIpc) is 2.76. The normalized spacial score (nSPS) is 22.0. The van der Waals surface area contributed by atoms with Crippen LogP contribution >= 0.6 is 0 Å². The molecule has 3 heterocycles. The molecule has 2 N–H and O–H groups in total. The van der Waals surface area contributed by atoms with Gasteiger partial charge in [0.1, 0.15) is 18.1 Å². The Bertz CT molecular complexity index is 957. The second kappa shape index (κ2) is 8.70. The van der Waals surface area contributed by atoms with Crippen molar-refractivity contribution in [3.8, 4) is 11.4 Å². The minimum Gasteiger partial charge on any atom is -0.481 e. The number of aromatic nitrogens is 3. The Morgan fingerprint density at radius 1 is 1.30 bits per heavy atom. The number of aliphatic carboxylic acids is 1. The minimum atomic E-state index is -0.805. The number of hydrogen-bond donors (Lipinski definition) is 2. The predicted octanol–water partition coefficient (Wildman–Crippen LogP) is 2.10. The number of morpholine rings is 1. The number of carbonyl (C=O) groups is 2. The zero-order chi connectivity index (χ0) is 21.1. The number of carboxylic acid groups (broad SMARTS) is 1. The van der Waals surface area contributed by atoms with Crippen molar-refractivity contribution >= 4 is 23.6 Å². The number of pyridine rings is 1. The van der Waals surface area contributed by atoms with Crippen LogP contribution < -0.4 is 10.2 Å². The van der Waals surface area contributed by atoms with E-state index in [9.17, 15) is 19.1 Å². The van der Waals surface area contributed by atoms with Crippen molar-refractivity contribution in [2.45, 2.75) is 31.7 Å². The zero-order valence-electron chi connectivity index (χ0n) is 16.3. The first-order valence-corrected chi connectivity index (χ1v) is 9.88. The fourth-order valence-corrected chi connectivity index (χ4v) is 3.81. The van der Waals surface area contributed by atoms with Crippen LogP contribution in [0.15, 0.2) is 24.4 Å². The number of nitrogens with zero attached hydrogens (tertiary/aromatic N) is 4. The van der Waals surface area contributed by atoms with Crippen LogP contribution in [0.25, 0.3) is 11.4 Å². The molecular formula is C20H22FN5O4. The van der Waals surface area contributed by atoms with Crippen molar-refractivity contribution in [2.75, 3.05) is 30.0 Å². The smallest absolute Gasteiger partial charge is 0.306 e. The third-order valence-corrected chi connectivity index (χ3v) is 5.34. The van der Waals surface area contributed by atoms with Gasteiger partial charge in [-0.05, 0) is 31.4 Å². The lowest BCUT2D eigenvalue weighted by Gasteiger charge is -2.27. The molecule has 9 nitrogen and oxygen atoms in total. The van der Waals surface area contributed by atoms with E-state index < -0.39 is 17.7 Å². The molecule has 1 aliphatic heterocycles. The number of carbonyl (C=O) groups excluding carboxylic acids is 1. The summed E-state index contributed by atoms with van der Waals surface area (Å²) in [5.74, 6) is -1.42. The Morgan fingerprint density at radius 3 is 2.97 bits per heavy atom. The summed E-state index contributed by atoms with van der Waals surface area (Å²) in [6, 6.07) is 4.89. The molecule has 1 saturated heterocycles. The summed E-state index contributed by atoms with van der Waals surface area (Å²) in [6.45, 7) is 0.771. The number of nitrogens with one attached hydrogen (secondary N) is 1. The van der Waals surface area contributed by atoms with Crippen LogP contribution in [-0.4, -0.2) is 57.7 Å². The number of halogens is 1. The second-order valence-corrected chi connectivity index (χ2v) is 7.41. The summed E-state index contributed by atoms with van der Waals surface area (Å²) >= 11 is 0. The van der Waals surface area contributed by atoms with Gasteiger partial charge in [-0.25, -0.2) is 19.3 Å². The summed E-state index contributed by atoms with van der Waals surface area (Å²) in [5, 5.41) is 12.4. The number of hydrogen-bond acceptors (Lipinski definition) is 7. The van der Waals surface area contributed by atoms with E-state index in [0.717, 1.165) is 19.0 Å². The molecule has 2 fully saturated rings. The van der Waals surface area contributed by atoms with Gasteiger partial charge >= 0.3 is 5.97 Å². The summed E-state index contributed by atoms with van der Waals surface area (Å²) in [4.78, 5) is 37.5. The van der Waals surface area contributed by atoms with Crippen molar-refractivity contribution in [1.29, 1.82) is 0 Å². The zero-order valence-corrected chi connectivity index (χ0v) is 16.3. The van der Waals surface area contributed by atoms with Gasteiger partial charge in [0.25, 0.3) is 5.91 Å². The molecule has 10 heteroatoms. The first kappa shape index (κ1) is 20.1. The summed E-state index contributed by atoms with van der Waals surface area (Å²) in [6.07, 6.45) is 3.78. The van der Waals surface area contributed by atoms with Gasteiger partial charge in [0.2, 0.25) is 5.95 Å². The van der Waals surface area contributed by atoms with E-state index in [-0.39, 0.29) is 35.9 Å². The molecule has 0 unspecified atom stereocenters. The van der Waals surface area contributed by atoms with Crippen LogP contribution in [-0.2, 0) is 14.3 Å². The topological polar surface area (TPSA) is 118 Å². The quantitative estimate of drug-likeness (QED) is 0.762. The van der Waals surface area contributed by atoms with E-state index in [2.05, 4.69) is 20.3 Å². The van der Waals surface area contributed by atoms with Crippen molar-refractivity contribution < 1.29 is 23.8 Å². The fraction of sp³-hybridized carbons (Fsp3) is 0.450. The van der Waals surface area contributed by atoms with Crippen molar-refractivity contribution in [3.05, 3.63) is 30.2 Å².